The molecule has 2 N–H and O–H groups in total. The highest BCUT2D eigenvalue weighted by Gasteiger charge is 2.40. The summed E-state index contributed by atoms with van der Waals surface area (Å²) in [7, 11) is 1.72. The summed E-state index contributed by atoms with van der Waals surface area (Å²) in [5.74, 6) is -0.0241. The zero-order valence-corrected chi connectivity index (χ0v) is 26.3. The Balaban J connectivity index is 1.05. The Kier molecular flexibility index (Phi) is 8.35. The van der Waals surface area contributed by atoms with Crippen LogP contribution >= 0.6 is 0 Å². The molecule has 2 aliphatic rings. The van der Waals surface area contributed by atoms with Gasteiger partial charge >= 0.3 is 5.91 Å². The standard InChI is InChI=1S/C36H35FN4O6/c1-23-33(35(43)41(40(23)2)25-6-4-3-5-7-25)34(42)39-24-8-11-32(29(37)20-24)47-31-12-16-38-30-21-26(9-10-28(30)31)46-27-13-17-45-36(22-27)14-18-44-19-15-36/h3-12,16,20-21,27H,13-15,17-19,22H2,1-2H3,(H,39,42)/p+1. The van der Waals surface area contributed by atoms with Crippen molar-refractivity contribution in [3.8, 4) is 22.9 Å². The van der Waals surface area contributed by atoms with E-state index in [1.807, 2.05) is 36.4 Å². The molecule has 242 valence electrons. The average molecular weight is 640 g/mol. The Morgan fingerprint density at radius 3 is 2.62 bits per heavy atom. The van der Waals surface area contributed by atoms with E-state index in [4.69, 9.17) is 18.9 Å². The number of rotatable bonds is 7. The molecule has 1 amide bonds. The molecule has 2 aliphatic heterocycles. The first kappa shape index (κ1) is 30.8. The second kappa shape index (κ2) is 12.7. The maximum Gasteiger partial charge on any atom is 0.355 e. The van der Waals surface area contributed by atoms with E-state index in [1.54, 1.807) is 49.1 Å². The van der Waals surface area contributed by atoms with Gasteiger partial charge in [0.25, 0.3) is 5.56 Å². The summed E-state index contributed by atoms with van der Waals surface area (Å²) < 4.78 is 42.5. The van der Waals surface area contributed by atoms with Gasteiger partial charge in [-0.1, -0.05) is 18.2 Å². The fourth-order valence-corrected chi connectivity index (χ4v) is 6.52. The van der Waals surface area contributed by atoms with Crippen molar-refractivity contribution in [1.82, 2.24) is 14.3 Å². The smallest absolute Gasteiger partial charge is 0.355 e. The highest BCUT2D eigenvalue weighted by atomic mass is 19.1. The van der Waals surface area contributed by atoms with Gasteiger partial charge in [-0.2, -0.15) is 0 Å². The number of amides is 1. The van der Waals surface area contributed by atoms with E-state index in [1.165, 1.54) is 22.1 Å². The van der Waals surface area contributed by atoms with Gasteiger partial charge in [-0.25, -0.2) is 19.2 Å². The second-order valence-corrected chi connectivity index (χ2v) is 12.1. The van der Waals surface area contributed by atoms with Crippen LogP contribution in [0.5, 0.6) is 17.2 Å². The van der Waals surface area contributed by atoms with E-state index in [2.05, 4.69) is 4.98 Å². The Bertz CT molecular complexity index is 2000. The van der Waals surface area contributed by atoms with Gasteiger partial charge in [0.2, 0.25) is 0 Å². The largest absolute Gasteiger partial charge is 0.490 e. The molecular formula is C36H36FN4O6+. The number of halogens is 1. The van der Waals surface area contributed by atoms with Crippen molar-refractivity contribution in [2.75, 3.05) is 19.8 Å². The summed E-state index contributed by atoms with van der Waals surface area (Å²) in [6.07, 6.45) is 5.02. The Morgan fingerprint density at radius 1 is 1.02 bits per heavy atom. The van der Waals surface area contributed by atoms with Crippen LogP contribution in [0.15, 0.2) is 83.8 Å². The number of carbonyl (C=O) groups is 1. The number of pyridine rings is 1. The number of carbonyl (C=O) groups excluding carboxylic acids is 1. The zero-order valence-electron chi connectivity index (χ0n) is 26.3. The molecule has 1 unspecified atom stereocenters. The lowest BCUT2D eigenvalue weighted by Crippen LogP contribution is -2.82. The van der Waals surface area contributed by atoms with Gasteiger partial charge in [-0.15, -0.1) is 0 Å². The molecule has 0 saturated carbocycles. The number of para-hydroxylation sites is 1. The predicted molar refractivity (Wildman–Crippen MR) is 172 cm³/mol. The third-order valence-corrected chi connectivity index (χ3v) is 9.10. The lowest BCUT2D eigenvalue weighted by atomic mass is 9.85. The molecular weight excluding hydrogens is 603 g/mol. The molecule has 5 aromatic rings. The zero-order chi connectivity index (χ0) is 32.5. The molecule has 0 radical (unpaired) electrons. The number of nitrogens with zero attached hydrogens (tertiary/aromatic N) is 3. The summed E-state index contributed by atoms with van der Waals surface area (Å²) in [6, 6.07) is 20.6. The number of quaternary nitrogens is 1. The second-order valence-electron chi connectivity index (χ2n) is 12.1. The summed E-state index contributed by atoms with van der Waals surface area (Å²) in [6.45, 7) is 3.78. The number of hydrogen-bond acceptors (Lipinski definition) is 7. The molecule has 10 nitrogen and oxygen atoms in total. The molecule has 3 aromatic carbocycles. The van der Waals surface area contributed by atoms with E-state index in [0.717, 1.165) is 25.7 Å². The van der Waals surface area contributed by atoms with Crippen molar-refractivity contribution < 1.29 is 33.4 Å². The number of benzene rings is 3. The highest BCUT2D eigenvalue weighted by Crippen LogP contribution is 2.37. The number of nitrogens with two attached hydrogens (primary N) is 1. The molecule has 1 atom stereocenters. The van der Waals surface area contributed by atoms with Gasteiger partial charge < -0.3 is 18.9 Å². The molecule has 7 rings (SSSR count). The van der Waals surface area contributed by atoms with Crippen LogP contribution in [0.4, 0.5) is 10.1 Å². The molecule has 2 aromatic heterocycles. The van der Waals surface area contributed by atoms with E-state index in [-0.39, 0.29) is 23.0 Å². The third kappa shape index (κ3) is 6.17. The van der Waals surface area contributed by atoms with Gasteiger partial charge in [0.15, 0.2) is 17.1 Å². The van der Waals surface area contributed by atoms with Crippen LogP contribution in [-0.4, -0.2) is 51.8 Å². The van der Waals surface area contributed by atoms with Gasteiger partial charge in [0.05, 0.1) is 29.1 Å². The Labute approximate surface area is 270 Å². The number of ether oxygens (including phenoxy) is 4. The molecule has 47 heavy (non-hydrogen) atoms. The van der Waals surface area contributed by atoms with Crippen LogP contribution in [-0.2, 0) is 16.5 Å². The maximum absolute atomic E-state index is 15.3. The van der Waals surface area contributed by atoms with Crippen molar-refractivity contribution in [3.05, 3.63) is 106 Å². The summed E-state index contributed by atoms with van der Waals surface area (Å²) in [4.78, 5) is 31.0. The van der Waals surface area contributed by atoms with Gasteiger partial charge in [-0.05, 0) is 56.2 Å². The van der Waals surface area contributed by atoms with Crippen molar-refractivity contribution in [2.24, 2.45) is 7.05 Å². The lowest BCUT2D eigenvalue weighted by molar-refractivity contribution is -0.464. The Morgan fingerprint density at radius 2 is 1.83 bits per heavy atom. The van der Waals surface area contributed by atoms with Crippen molar-refractivity contribution in [2.45, 2.75) is 44.3 Å². The van der Waals surface area contributed by atoms with Crippen LogP contribution in [0.1, 0.15) is 41.7 Å². The topological polar surface area (TPSA) is 110 Å². The van der Waals surface area contributed by atoms with E-state index in [0.29, 0.717) is 59.3 Å². The monoisotopic (exact) mass is 639 g/mol. The fourth-order valence-electron chi connectivity index (χ4n) is 6.52. The summed E-state index contributed by atoms with van der Waals surface area (Å²) in [5.41, 5.74) is 1.54. The minimum Gasteiger partial charge on any atom is -0.490 e. The lowest BCUT2D eigenvalue weighted by Gasteiger charge is -2.43. The molecule has 1 spiro atoms. The summed E-state index contributed by atoms with van der Waals surface area (Å²) in [5, 5.41) is 1.96. The van der Waals surface area contributed by atoms with Crippen LogP contribution in [0.25, 0.3) is 16.6 Å². The molecule has 2 fully saturated rings. The number of aromatic nitrogens is 3. The molecule has 4 heterocycles. The van der Waals surface area contributed by atoms with E-state index >= 15 is 4.39 Å². The minimum absolute atomic E-state index is 0.00582. The van der Waals surface area contributed by atoms with Gasteiger partial charge in [-0.3, -0.25) is 14.5 Å². The van der Waals surface area contributed by atoms with Gasteiger partial charge in [0.1, 0.15) is 23.3 Å². The first-order chi connectivity index (χ1) is 22.8. The normalized spacial score (nSPS) is 17.6. The van der Waals surface area contributed by atoms with Crippen molar-refractivity contribution in [1.29, 1.82) is 0 Å². The van der Waals surface area contributed by atoms with Crippen LogP contribution < -0.4 is 20.3 Å². The van der Waals surface area contributed by atoms with Crippen LogP contribution in [0.2, 0.25) is 0 Å². The first-order valence-electron chi connectivity index (χ1n) is 15.8. The van der Waals surface area contributed by atoms with E-state index < -0.39 is 17.3 Å². The highest BCUT2D eigenvalue weighted by molar-refractivity contribution is 5.89. The van der Waals surface area contributed by atoms with Crippen LogP contribution in [0.3, 0.4) is 0 Å². The fraction of sp³-hybridized carbons (Fsp3) is 0.306. The average Bonchev–Trinajstić information content (AvgIpc) is 3.30. The molecule has 0 aliphatic carbocycles. The quantitative estimate of drug-likeness (QED) is 0.247. The number of fused-ring (bicyclic) bond motifs is 1. The van der Waals surface area contributed by atoms with Crippen LogP contribution in [0, 0.1) is 12.7 Å². The molecule has 2 saturated heterocycles. The number of primary amides is 1. The summed E-state index contributed by atoms with van der Waals surface area (Å²) >= 11 is 0. The van der Waals surface area contributed by atoms with Gasteiger partial charge in [0, 0.05) is 62.9 Å². The SMILES string of the molecule is Cc1c(C(=O)[NH2+]c2ccc(Oc3ccnc4cc(OC5CCOC6(CCOCC6)C5)ccc34)c(F)c2)c(=O)n(-c2ccccc2)n1C. The minimum atomic E-state index is -0.649. The first-order valence-corrected chi connectivity index (χ1v) is 15.8. The third-order valence-electron chi connectivity index (χ3n) is 9.10. The Hall–Kier alpha value is -4.84. The molecule has 0 bridgehead atoms. The molecule has 11 heteroatoms. The predicted octanol–water partition coefficient (Wildman–Crippen LogP) is 5.11. The van der Waals surface area contributed by atoms with Crippen molar-refractivity contribution >= 4 is 22.5 Å². The van der Waals surface area contributed by atoms with Crippen molar-refractivity contribution in [3.63, 3.8) is 0 Å². The van der Waals surface area contributed by atoms with E-state index in [9.17, 15) is 9.59 Å². The number of hydrogen-bond donors (Lipinski definition) is 1. The maximum atomic E-state index is 15.3.